The Balaban J connectivity index is 1.38. The summed E-state index contributed by atoms with van der Waals surface area (Å²) in [5.74, 6) is 2.09. The number of carbonyl (C=O) groups is 1. The molecule has 0 aliphatic carbocycles. The van der Waals surface area contributed by atoms with Crippen LogP contribution in [0.4, 0.5) is 0 Å². The van der Waals surface area contributed by atoms with Gasteiger partial charge in [0.1, 0.15) is 40.4 Å². The number of para-hydroxylation sites is 1. The first-order valence-electron chi connectivity index (χ1n) is 12.9. The van der Waals surface area contributed by atoms with Gasteiger partial charge in [-0.3, -0.25) is 0 Å². The van der Waals surface area contributed by atoms with Crippen molar-refractivity contribution in [1.82, 2.24) is 0 Å². The van der Waals surface area contributed by atoms with Gasteiger partial charge in [0.15, 0.2) is 0 Å². The molecule has 2 N–H and O–H groups in total. The van der Waals surface area contributed by atoms with E-state index in [4.69, 9.17) is 24.7 Å². The molecular formula is C33H28N2O5. The molecule has 0 aromatic heterocycles. The molecule has 1 aliphatic rings. The number of ether oxygens (including phenoxy) is 4. The Morgan fingerprint density at radius 1 is 0.900 bits per heavy atom. The summed E-state index contributed by atoms with van der Waals surface area (Å²) < 4.78 is 23.1. The van der Waals surface area contributed by atoms with E-state index in [1.165, 1.54) is 0 Å². The molecule has 7 nitrogen and oxygen atoms in total. The van der Waals surface area contributed by atoms with E-state index in [1.54, 1.807) is 42.5 Å². The Morgan fingerprint density at radius 2 is 1.62 bits per heavy atom. The summed E-state index contributed by atoms with van der Waals surface area (Å²) in [7, 11) is 0. The molecular weight excluding hydrogens is 504 g/mol. The molecule has 0 radical (unpaired) electrons. The number of rotatable bonds is 8. The maximum Gasteiger partial charge on any atom is 0.343 e. The lowest BCUT2D eigenvalue weighted by Crippen LogP contribution is -2.21. The van der Waals surface area contributed by atoms with Crippen molar-refractivity contribution in [3.63, 3.8) is 0 Å². The zero-order chi connectivity index (χ0) is 28.1. The van der Waals surface area contributed by atoms with Gasteiger partial charge >= 0.3 is 5.97 Å². The standard InChI is InChI=1S/C33H28N2O5/c1-21(2)20-37-24-13-11-22(12-14-24)33(36)39-27-15-16-28-30(18-27)40-32(35)29(19-34)31(28)23-7-6-10-26(17-23)38-25-8-4-3-5-9-25/h3-18,21,31H,20,35H2,1-2H3. The van der Waals surface area contributed by atoms with Gasteiger partial charge in [0.2, 0.25) is 5.88 Å². The van der Waals surface area contributed by atoms with E-state index >= 15 is 0 Å². The van der Waals surface area contributed by atoms with Gasteiger partial charge in [0.25, 0.3) is 0 Å². The van der Waals surface area contributed by atoms with Crippen LogP contribution in [0.1, 0.15) is 41.3 Å². The van der Waals surface area contributed by atoms with Crippen LogP contribution < -0.4 is 24.7 Å². The second kappa shape index (κ2) is 11.7. The number of nitrogens with zero attached hydrogens (tertiary/aromatic N) is 1. The van der Waals surface area contributed by atoms with Crippen LogP contribution in [0.15, 0.2) is 109 Å². The quantitative estimate of drug-likeness (QED) is 0.193. The lowest BCUT2D eigenvalue weighted by atomic mass is 9.83. The van der Waals surface area contributed by atoms with Crippen molar-refractivity contribution in [1.29, 1.82) is 5.26 Å². The molecule has 0 saturated heterocycles. The number of carbonyl (C=O) groups excluding carboxylic acids is 1. The van der Waals surface area contributed by atoms with Crippen LogP contribution in [-0.4, -0.2) is 12.6 Å². The van der Waals surface area contributed by atoms with E-state index in [0.717, 1.165) is 5.56 Å². The fraction of sp³-hybridized carbons (Fsp3) is 0.152. The fourth-order valence-electron chi connectivity index (χ4n) is 4.34. The summed E-state index contributed by atoms with van der Waals surface area (Å²) in [4.78, 5) is 12.8. The van der Waals surface area contributed by atoms with E-state index in [-0.39, 0.29) is 17.2 Å². The van der Waals surface area contributed by atoms with Crippen LogP contribution in [-0.2, 0) is 0 Å². The van der Waals surface area contributed by atoms with Crippen LogP contribution in [0.3, 0.4) is 0 Å². The summed E-state index contributed by atoms with van der Waals surface area (Å²) in [5.41, 5.74) is 8.37. The Labute approximate surface area is 233 Å². The van der Waals surface area contributed by atoms with E-state index < -0.39 is 11.9 Å². The second-order valence-corrected chi connectivity index (χ2v) is 9.73. The molecule has 0 bridgehead atoms. The summed E-state index contributed by atoms with van der Waals surface area (Å²) in [6.45, 7) is 4.73. The van der Waals surface area contributed by atoms with Crippen molar-refractivity contribution >= 4 is 5.97 Å². The van der Waals surface area contributed by atoms with Crippen molar-refractivity contribution in [3.8, 4) is 34.8 Å². The fourth-order valence-corrected chi connectivity index (χ4v) is 4.34. The number of benzene rings is 4. The van der Waals surface area contributed by atoms with Crippen molar-refractivity contribution in [2.24, 2.45) is 11.7 Å². The largest absolute Gasteiger partial charge is 0.493 e. The van der Waals surface area contributed by atoms with Crippen molar-refractivity contribution < 1.29 is 23.7 Å². The molecule has 5 rings (SSSR count). The normalized spacial score (nSPS) is 14.1. The van der Waals surface area contributed by atoms with Crippen molar-refractivity contribution in [2.45, 2.75) is 19.8 Å². The zero-order valence-corrected chi connectivity index (χ0v) is 22.2. The third-order valence-corrected chi connectivity index (χ3v) is 6.24. The lowest BCUT2D eigenvalue weighted by molar-refractivity contribution is 0.0734. The molecule has 0 amide bonds. The first-order chi connectivity index (χ1) is 19.4. The third-order valence-electron chi connectivity index (χ3n) is 6.24. The predicted molar refractivity (Wildman–Crippen MR) is 150 cm³/mol. The number of hydrogen-bond donors (Lipinski definition) is 1. The van der Waals surface area contributed by atoms with Crippen LogP contribution in [0.5, 0.6) is 28.7 Å². The minimum absolute atomic E-state index is 0.00477. The second-order valence-electron chi connectivity index (χ2n) is 9.73. The highest BCUT2D eigenvalue weighted by Crippen LogP contribution is 2.44. The highest BCUT2D eigenvalue weighted by Gasteiger charge is 2.31. The predicted octanol–water partition coefficient (Wildman–Crippen LogP) is 6.95. The van der Waals surface area contributed by atoms with Gasteiger partial charge in [0, 0.05) is 11.6 Å². The number of nitriles is 1. The molecule has 4 aromatic rings. The SMILES string of the molecule is CC(C)COc1ccc(C(=O)Oc2ccc3c(c2)OC(N)=C(C#N)C3c2cccc(Oc3ccccc3)c2)cc1. The molecule has 200 valence electrons. The molecule has 1 heterocycles. The zero-order valence-electron chi connectivity index (χ0n) is 22.2. The van der Waals surface area contributed by atoms with Gasteiger partial charge in [-0.05, 0) is 66.1 Å². The summed E-state index contributed by atoms with van der Waals surface area (Å²) in [6, 6.07) is 31.0. The smallest absolute Gasteiger partial charge is 0.343 e. The maximum absolute atomic E-state index is 12.8. The van der Waals surface area contributed by atoms with Gasteiger partial charge in [-0.15, -0.1) is 0 Å². The van der Waals surface area contributed by atoms with E-state index in [0.29, 0.717) is 46.6 Å². The molecule has 1 unspecified atom stereocenters. The highest BCUT2D eigenvalue weighted by atomic mass is 16.5. The molecule has 4 aromatic carbocycles. The van der Waals surface area contributed by atoms with Crippen LogP contribution in [0, 0.1) is 17.2 Å². The molecule has 0 spiro atoms. The van der Waals surface area contributed by atoms with Gasteiger partial charge in [-0.1, -0.05) is 50.2 Å². The Kier molecular flexibility index (Phi) is 7.70. The number of allylic oxidation sites excluding steroid dienone is 1. The topological polar surface area (TPSA) is 104 Å². The number of fused-ring (bicyclic) bond motifs is 1. The molecule has 0 saturated carbocycles. The average Bonchev–Trinajstić information content (AvgIpc) is 2.96. The summed E-state index contributed by atoms with van der Waals surface area (Å²) in [6.07, 6.45) is 0. The van der Waals surface area contributed by atoms with E-state index in [1.807, 2.05) is 54.6 Å². The molecule has 1 aliphatic heterocycles. The number of nitrogens with two attached hydrogens (primary N) is 1. The van der Waals surface area contributed by atoms with Gasteiger partial charge in [-0.2, -0.15) is 5.26 Å². The first kappa shape index (κ1) is 26.4. The molecule has 1 atom stereocenters. The Hall–Kier alpha value is -5.22. The van der Waals surface area contributed by atoms with Gasteiger partial charge in [-0.25, -0.2) is 4.79 Å². The third kappa shape index (κ3) is 5.92. The minimum atomic E-state index is -0.519. The first-order valence-corrected chi connectivity index (χ1v) is 12.9. The van der Waals surface area contributed by atoms with E-state index in [2.05, 4.69) is 19.9 Å². The van der Waals surface area contributed by atoms with Crippen LogP contribution in [0.25, 0.3) is 0 Å². The van der Waals surface area contributed by atoms with Crippen molar-refractivity contribution in [3.05, 3.63) is 125 Å². The number of hydrogen-bond acceptors (Lipinski definition) is 7. The maximum atomic E-state index is 12.8. The minimum Gasteiger partial charge on any atom is -0.493 e. The van der Waals surface area contributed by atoms with Gasteiger partial charge in [0.05, 0.1) is 18.1 Å². The molecule has 0 fully saturated rings. The van der Waals surface area contributed by atoms with Crippen molar-refractivity contribution in [2.75, 3.05) is 6.61 Å². The van der Waals surface area contributed by atoms with Crippen LogP contribution >= 0.6 is 0 Å². The number of esters is 1. The van der Waals surface area contributed by atoms with Gasteiger partial charge < -0.3 is 24.7 Å². The molecule has 7 heteroatoms. The summed E-state index contributed by atoms with van der Waals surface area (Å²) >= 11 is 0. The summed E-state index contributed by atoms with van der Waals surface area (Å²) in [5, 5.41) is 9.93. The lowest BCUT2D eigenvalue weighted by Gasteiger charge is -2.27. The monoisotopic (exact) mass is 532 g/mol. The highest BCUT2D eigenvalue weighted by molar-refractivity contribution is 5.91. The van der Waals surface area contributed by atoms with E-state index in [9.17, 15) is 10.1 Å². The average molecular weight is 533 g/mol. The Bertz CT molecular complexity index is 1590. The Morgan fingerprint density at radius 3 is 2.35 bits per heavy atom. The van der Waals surface area contributed by atoms with Crippen LogP contribution in [0.2, 0.25) is 0 Å². The molecule has 40 heavy (non-hydrogen) atoms.